The summed E-state index contributed by atoms with van der Waals surface area (Å²) in [7, 11) is 3.91. The Bertz CT molecular complexity index is 958. The number of ether oxygens (including phenoxy) is 3. The van der Waals surface area contributed by atoms with Crippen LogP contribution in [-0.4, -0.2) is 143 Å². The van der Waals surface area contributed by atoms with E-state index in [2.05, 4.69) is 0 Å². The molecule has 0 N–H and O–H groups in total. The number of esters is 3. The first-order valence-electron chi connectivity index (χ1n) is 17.2. The highest BCUT2D eigenvalue weighted by Crippen LogP contribution is 2.39. The molecule has 0 aromatic carbocycles. The summed E-state index contributed by atoms with van der Waals surface area (Å²) >= 11 is 0. The minimum atomic E-state index is -0.611. The van der Waals surface area contributed by atoms with Gasteiger partial charge in [-0.25, -0.2) is 0 Å². The van der Waals surface area contributed by atoms with E-state index >= 15 is 0 Å². The van der Waals surface area contributed by atoms with Crippen molar-refractivity contribution in [3.8, 4) is 0 Å². The van der Waals surface area contributed by atoms with Crippen LogP contribution in [0, 0.1) is 0 Å². The topological polar surface area (TPSA) is 109 Å². The van der Waals surface area contributed by atoms with Gasteiger partial charge in [0, 0.05) is 69.8 Å². The molecule has 0 aliphatic carbocycles. The van der Waals surface area contributed by atoms with E-state index in [1.165, 1.54) is 12.2 Å². The second kappa shape index (κ2) is 19.6. The van der Waals surface area contributed by atoms with Crippen LogP contribution in [0.2, 0.25) is 0 Å². The van der Waals surface area contributed by atoms with Crippen molar-refractivity contribution in [2.75, 3.05) is 77.7 Å². The fourth-order valence-corrected chi connectivity index (χ4v) is 8.33. The van der Waals surface area contributed by atoms with Crippen molar-refractivity contribution in [3.63, 3.8) is 0 Å². The zero-order valence-corrected chi connectivity index (χ0v) is 32.2. The van der Waals surface area contributed by atoms with Gasteiger partial charge in [-0.15, -0.1) is 0 Å². The Labute approximate surface area is 291 Å². The van der Waals surface area contributed by atoms with Gasteiger partial charge in [0.25, 0.3) is 0 Å². The molecule has 13 heteroatoms. The number of carbonyl (C=O) groups is 4. The molecule has 2 heterocycles. The SMILES string of the molecule is CC(C)(C)OC(=O)CN1CCN(CC(=O)OC(C)(C)C)CCN(C(=O)CCCCC2CCSS2)CCN(CC(=O)OC(C)(C)C)CC1. The average Bonchev–Trinajstić information content (AvgIpc) is 3.41. The Balaban J connectivity index is 2.21. The molecule has 2 saturated heterocycles. The number of unbranched alkanes of at least 4 members (excludes halogenated alkanes) is 1. The number of rotatable bonds is 11. The van der Waals surface area contributed by atoms with Crippen molar-refractivity contribution in [1.82, 2.24) is 19.6 Å². The lowest BCUT2D eigenvalue weighted by molar-refractivity contribution is -0.158. The van der Waals surface area contributed by atoms with Crippen LogP contribution in [0.1, 0.15) is 94.4 Å². The van der Waals surface area contributed by atoms with Crippen molar-refractivity contribution >= 4 is 45.4 Å². The molecule has 0 aromatic rings. The highest BCUT2D eigenvalue weighted by Gasteiger charge is 2.26. The summed E-state index contributed by atoms with van der Waals surface area (Å²) in [4.78, 5) is 60.1. The van der Waals surface area contributed by atoms with Gasteiger partial charge in [-0.1, -0.05) is 28.0 Å². The molecule has 2 aliphatic rings. The normalized spacial score (nSPS) is 20.3. The fraction of sp³-hybridized carbons (Fsp3) is 0.882. The van der Waals surface area contributed by atoms with Crippen molar-refractivity contribution < 1.29 is 33.4 Å². The number of carbonyl (C=O) groups excluding carboxylic acids is 4. The van der Waals surface area contributed by atoms with Crippen LogP contribution in [0.4, 0.5) is 0 Å². The van der Waals surface area contributed by atoms with Crippen LogP contribution < -0.4 is 0 Å². The summed E-state index contributed by atoms with van der Waals surface area (Å²) in [5, 5.41) is 0.689. The highest BCUT2D eigenvalue weighted by atomic mass is 33.1. The minimum Gasteiger partial charge on any atom is -0.459 e. The average molecular weight is 703 g/mol. The maximum atomic E-state index is 13.6. The minimum absolute atomic E-state index is 0.0838. The zero-order valence-electron chi connectivity index (χ0n) is 30.6. The van der Waals surface area contributed by atoms with Gasteiger partial charge in [0.05, 0.1) is 19.6 Å². The summed E-state index contributed by atoms with van der Waals surface area (Å²) in [5.41, 5.74) is -1.83. The first kappa shape index (κ1) is 41.6. The monoisotopic (exact) mass is 702 g/mol. The summed E-state index contributed by atoms with van der Waals surface area (Å²) in [6.07, 6.45) is 4.73. The van der Waals surface area contributed by atoms with E-state index in [9.17, 15) is 19.2 Å². The van der Waals surface area contributed by atoms with E-state index in [0.29, 0.717) is 64.0 Å². The van der Waals surface area contributed by atoms with E-state index in [4.69, 9.17) is 14.2 Å². The molecule has 47 heavy (non-hydrogen) atoms. The first-order valence-corrected chi connectivity index (χ1v) is 19.5. The molecular formula is C34H62N4O7S2. The molecule has 0 saturated carbocycles. The third-order valence-electron chi connectivity index (χ3n) is 7.40. The maximum absolute atomic E-state index is 13.6. The lowest BCUT2D eigenvalue weighted by Crippen LogP contribution is -2.50. The first-order chi connectivity index (χ1) is 21.8. The van der Waals surface area contributed by atoms with Gasteiger partial charge in [0.15, 0.2) is 0 Å². The second-order valence-corrected chi connectivity index (χ2v) is 18.3. The number of amides is 1. The summed E-state index contributed by atoms with van der Waals surface area (Å²) in [6.45, 7) is 20.7. The lowest BCUT2D eigenvalue weighted by atomic mass is 10.1. The van der Waals surface area contributed by atoms with Crippen LogP contribution in [0.3, 0.4) is 0 Å². The van der Waals surface area contributed by atoms with E-state index in [0.717, 1.165) is 19.3 Å². The molecule has 2 fully saturated rings. The molecule has 0 aromatic heterocycles. The third-order valence-corrected chi connectivity index (χ3v) is 10.4. The Kier molecular flexibility index (Phi) is 17.4. The number of hydrogen-bond donors (Lipinski definition) is 0. The van der Waals surface area contributed by atoms with Gasteiger partial charge in [-0.05, 0) is 81.6 Å². The van der Waals surface area contributed by atoms with Crippen molar-refractivity contribution in [2.45, 2.75) is 116 Å². The van der Waals surface area contributed by atoms with Gasteiger partial charge in [-0.2, -0.15) is 0 Å². The Morgan fingerprint density at radius 2 is 0.979 bits per heavy atom. The fourth-order valence-electron chi connectivity index (χ4n) is 5.30. The maximum Gasteiger partial charge on any atom is 0.320 e. The Morgan fingerprint density at radius 1 is 0.596 bits per heavy atom. The summed E-state index contributed by atoms with van der Waals surface area (Å²) in [5.74, 6) is 0.321. The Hall–Kier alpha value is -1.54. The zero-order chi connectivity index (χ0) is 35.3. The van der Waals surface area contributed by atoms with Gasteiger partial charge in [-0.3, -0.25) is 33.9 Å². The standard InChI is InChI=1S/C34H62N4O7S2/c1-32(2,3)43-29(40)24-35-15-17-36(25-30(41)44-33(4,5)6)19-21-38(28(39)13-11-10-12-27-14-23-46-47-27)22-20-37(18-16-35)26-31(42)45-34(7,8)9/h27H,10-26H2,1-9H3. The van der Waals surface area contributed by atoms with Crippen molar-refractivity contribution in [2.24, 2.45) is 0 Å². The van der Waals surface area contributed by atoms with E-state index in [1.54, 1.807) is 0 Å². The van der Waals surface area contributed by atoms with Gasteiger partial charge < -0.3 is 19.1 Å². The third kappa shape index (κ3) is 19.9. The Morgan fingerprint density at radius 3 is 1.32 bits per heavy atom. The van der Waals surface area contributed by atoms with Gasteiger partial charge >= 0.3 is 17.9 Å². The van der Waals surface area contributed by atoms with Crippen molar-refractivity contribution in [3.05, 3.63) is 0 Å². The molecule has 272 valence electrons. The predicted octanol–water partition coefficient (Wildman–Crippen LogP) is 4.47. The molecule has 1 unspecified atom stereocenters. The summed E-state index contributed by atoms with van der Waals surface area (Å²) < 4.78 is 16.9. The summed E-state index contributed by atoms with van der Waals surface area (Å²) in [6, 6.07) is 0. The van der Waals surface area contributed by atoms with Gasteiger partial charge in [0.2, 0.25) is 5.91 Å². The van der Waals surface area contributed by atoms with Crippen LogP contribution >= 0.6 is 21.6 Å². The van der Waals surface area contributed by atoms with Crippen LogP contribution in [-0.2, 0) is 33.4 Å². The lowest BCUT2D eigenvalue weighted by Gasteiger charge is -2.34. The molecule has 0 radical (unpaired) electrons. The highest BCUT2D eigenvalue weighted by molar-refractivity contribution is 8.77. The van der Waals surface area contributed by atoms with E-state index in [1.807, 2.05) is 104 Å². The number of nitrogens with zero attached hydrogens (tertiary/aromatic N) is 4. The molecule has 1 amide bonds. The quantitative estimate of drug-likeness (QED) is 0.131. The second-order valence-electron chi connectivity index (χ2n) is 15.5. The van der Waals surface area contributed by atoms with Crippen LogP contribution in [0.15, 0.2) is 0 Å². The molecule has 0 bridgehead atoms. The van der Waals surface area contributed by atoms with Crippen LogP contribution in [0.5, 0.6) is 0 Å². The van der Waals surface area contributed by atoms with Crippen LogP contribution in [0.25, 0.3) is 0 Å². The van der Waals surface area contributed by atoms with Crippen molar-refractivity contribution in [1.29, 1.82) is 0 Å². The van der Waals surface area contributed by atoms with Gasteiger partial charge in [0.1, 0.15) is 16.8 Å². The molecule has 2 rings (SSSR count). The molecular weight excluding hydrogens is 641 g/mol. The largest absolute Gasteiger partial charge is 0.459 e. The number of hydrogen-bond acceptors (Lipinski definition) is 12. The molecule has 11 nitrogen and oxygen atoms in total. The smallest absolute Gasteiger partial charge is 0.320 e. The van der Waals surface area contributed by atoms with E-state index < -0.39 is 16.8 Å². The molecule has 2 aliphatic heterocycles. The molecule has 0 spiro atoms. The molecule has 1 atom stereocenters. The van der Waals surface area contributed by atoms with E-state index in [-0.39, 0.29) is 43.4 Å². The predicted molar refractivity (Wildman–Crippen MR) is 190 cm³/mol.